The van der Waals surface area contributed by atoms with Gasteiger partial charge in [-0.15, -0.1) is 0 Å². The molecule has 0 saturated carbocycles. The number of pyridine rings is 2. The normalized spacial score (nSPS) is 19.2. The third kappa shape index (κ3) is 5.05. The zero-order chi connectivity index (χ0) is 25.9. The number of nitrogens with zero attached hydrogens (tertiary/aromatic N) is 6. The van der Waals surface area contributed by atoms with E-state index in [1.54, 1.807) is 43.4 Å². The number of methoxy groups -OCH3 is 1. The highest BCUT2D eigenvalue weighted by molar-refractivity contribution is 5.85. The van der Waals surface area contributed by atoms with Crippen LogP contribution in [0.2, 0.25) is 0 Å². The summed E-state index contributed by atoms with van der Waals surface area (Å²) in [5, 5.41) is 14.1. The number of fused-ring (bicyclic) bond motifs is 1. The van der Waals surface area contributed by atoms with Gasteiger partial charge in [-0.05, 0) is 30.7 Å². The van der Waals surface area contributed by atoms with E-state index in [9.17, 15) is 9.90 Å². The molecule has 0 unspecified atom stereocenters. The molecule has 13 nitrogen and oxygen atoms in total. The molecular weight excluding hydrogens is 478 g/mol. The number of carbonyl (C=O) groups is 1. The van der Waals surface area contributed by atoms with Crippen LogP contribution in [0.3, 0.4) is 0 Å². The number of aliphatic hydroxyl groups is 1. The Morgan fingerprint density at radius 2 is 2.14 bits per heavy atom. The number of imidazole rings is 1. The van der Waals surface area contributed by atoms with Crippen LogP contribution in [0, 0.1) is 6.92 Å². The van der Waals surface area contributed by atoms with Crippen LogP contribution in [0.5, 0.6) is 5.75 Å². The first-order valence-electron chi connectivity index (χ1n) is 11.7. The molecule has 1 aliphatic heterocycles. The molecule has 1 saturated heterocycles. The lowest BCUT2D eigenvalue weighted by Crippen LogP contribution is -2.41. The minimum Gasteiger partial charge on any atom is -0.495 e. The van der Waals surface area contributed by atoms with E-state index in [1.807, 2.05) is 19.1 Å². The van der Waals surface area contributed by atoms with Crippen molar-refractivity contribution < 1.29 is 19.4 Å². The number of hydrogen-bond donors (Lipinski definition) is 4. The number of anilines is 1. The number of hydrogen-bond acceptors (Lipinski definition) is 11. The minimum absolute atomic E-state index is 0.125. The molecule has 13 heteroatoms. The van der Waals surface area contributed by atoms with Gasteiger partial charge in [0.2, 0.25) is 0 Å². The molecule has 0 bridgehead atoms. The summed E-state index contributed by atoms with van der Waals surface area (Å²) in [7, 11) is 3.14. The average molecular weight is 506 g/mol. The molecule has 192 valence electrons. The molecule has 0 spiro atoms. The molecule has 0 aromatic carbocycles. The Morgan fingerprint density at radius 1 is 1.27 bits per heavy atom. The molecule has 3 atom stereocenters. The number of ether oxygens (including phenoxy) is 2. The van der Waals surface area contributed by atoms with Crippen LogP contribution in [-0.2, 0) is 16.1 Å². The van der Waals surface area contributed by atoms with Crippen molar-refractivity contribution in [2.24, 2.45) is 0 Å². The summed E-state index contributed by atoms with van der Waals surface area (Å²) in [6.45, 7) is 2.41. The van der Waals surface area contributed by atoms with Crippen molar-refractivity contribution in [3.8, 4) is 17.1 Å². The maximum atomic E-state index is 12.3. The lowest BCUT2D eigenvalue weighted by Gasteiger charge is -2.17. The topological polar surface area (TPSA) is 161 Å². The highest BCUT2D eigenvalue weighted by Crippen LogP contribution is 2.33. The molecule has 4 aromatic heterocycles. The predicted molar refractivity (Wildman–Crippen MR) is 133 cm³/mol. The first-order valence-corrected chi connectivity index (χ1v) is 11.7. The zero-order valence-corrected chi connectivity index (χ0v) is 20.5. The number of aliphatic hydroxyl groups excluding tert-OH is 1. The summed E-state index contributed by atoms with van der Waals surface area (Å²) in [6.07, 6.45) is 3.98. The number of aryl methyl sites for hydroxylation is 1. The molecule has 5 heterocycles. The lowest BCUT2D eigenvalue weighted by atomic mass is 10.2. The van der Waals surface area contributed by atoms with Crippen LogP contribution in [0.25, 0.3) is 22.6 Å². The van der Waals surface area contributed by atoms with Crippen molar-refractivity contribution >= 4 is 22.9 Å². The average Bonchev–Trinajstić information content (AvgIpc) is 3.50. The fourth-order valence-electron chi connectivity index (χ4n) is 4.15. The molecule has 1 aliphatic rings. The monoisotopic (exact) mass is 505 g/mol. The Bertz CT molecular complexity index is 1430. The fraction of sp³-hybridized carbons (Fsp3) is 0.333. The maximum absolute atomic E-state index is 12.3. The highest BCUT2D eigenvalue weighted by Gasteiger charge is 2.40. The first kappa shape index (κ1) is 24.5. The largest absolute Gasteiger partial charge is 0.495 e. The Morgan fingerprint density at radius 3 is 2.92 bits per heavy atom. The van der Waals surface area contributed by atoms with Gasteiger partial charge in [0, 0.05) is 31.4 Å². The third-order valence-corrected chi connectivity index (χ3v) is 5.94. The van der Waals surface area contributed by atoms with Crippen molar-refractivity contribution in [3.63, 3.8) is 0 Å². The van der Waals surface area contributed by atoms with Gasteiger partial charge in [-0.25, -0.2) is 20.4 Å². The first-order chi connectivity index (χ1) is 18.0. The smallest absolute Gasteiger partial charge is 0.263 e. The summed E-state index contributed by atoms with van der Waals surface area (Å²) in [5.74, 6) is 1.03. The Labute approximate surface area is 212 Å². The van der Waals surface area contributed by atoms with Gasteiger partial charge in [0.05, 0.1) is 31.9 Å². The van der Waals surface area contributed by atoms with Crippen molar-refractivity contribution in [2.75, 3.05) is 19.5 Å². The van der Waals surface area contributed by atoms with E-state index >= 15 is 0 Å². The van der Waals surface area contributed by atoms with Crippen LogP contribution < -0.4 is 20.9 Å². The summed E-state index contributed by atoms with van der Waals surface area (Å²) < 4.78 is 12.8. The number of hydrazine groups is 1. The van der Waals surface area contributed by atoms with Crippen LogP contribution in [0.4, 0.5) is 5.82 Å². The molecule has 37 heavy (non-hydrogen) atoms. The highest BCUT2D eigenvalue weighted by atomic mass is 16.5. The van der Waals surface area contributed by atoms with Gasteiger partial charge in [0.15, 0.2) is 29.0 Å². The Kier molecular flexibility index (Phi) is 6.90. The van der Waals surface area contributed by atoms with Crippen molar-refractivity contribution in [1.29, 1.82) is 0 Å². The van der Waals surface area contributed by atoms with Crippen molar-refractivity contribution in [3.05, 3.63) is 54.4 Å². The molecule has 0 aliphatic carbocycles. The second-order valence-corrected chi connectivity index (χ2v) is 8.57. The molecule has 0 radical (unpaired) electrons. The summed E-state index contributed by atoms with van der Waals surface area (Å²) in [6, 6.07) is 5.69. The maximum Gasteiger partial charge on any atom is 0.263 e. The third-order valence-electron chi connectivity index (χ3n) is 5.94. The lowest BCUT2D eigenvalue weighted by molar-refractivity contribution is -0.135. The number of amides is 1. The summed E-state index contributed by atoms with van der Waals surface area (Å²) in [5.41, 5.74) is 8.53. The molecule has 1 amide bonds. The summed E-state index contributed by atoms with van der Waals surface area (Å²) >= 11 is 0. The number of nitrogens with one attached hydrogen (secondary N) is 3. The second kappa shape index (κ2) is 10.4. The van der Waals surface area contributed by atoms with Crippen LogP contribution >= 0.6 is 0 Å². The number of rotatable bonds is 8. The van der Waals surface area contributed by atoms with E-state index in [0.717, 1.165) is 11.3 Å². The molecule has 4 aromatic rings. The van der Waals surface area contributed by atoms with Gasteiger partial charge in [-0.1, -0.05) is 0 Å². The van der Waals surface area contributed by atoms with Gasteiger partial charge in [0.25, 0.3) is 5.91 Å². The predicted octanol–water partition coefficient (Wildman–Crippen LogP) is 1.11. The zero-order valence-electron chi connectivity index (χ0n) is 20.5. The quantitative estimate of drug-likeness (QED) is 0.254. The van der Waals surface area contributed by atoms with Crippen LogP contribution in [-0.4, -0.2) is 66.9 Å². The van der Waals surface area contributed by atoms with Gasteiger partial charge >= 0.3 is 0 Å². The van der Waals surface area contributed by atoms with E-state index < -0.39 is 18.4 Å². The van der Waals surface area contributed by atoms with Crippen LogP contribution in [0.1, 0.15) is 23.9 Å². The van der Waals surface area contributed by atoms with Gasteiger partial charge < -0.3 is 19.9 Å². The SMILES string of the molecule is CNNC(=O)[C@@H]1C[C@@H](O)[C@H](n2cnc3c(NCc4cc(C)ccn4)nc(-c4cncc(OC)c4)nc32)O1. The van der Waals surface area contributed by atoms with Crippen molar-refractivity contribution in [1.82, 2.24) is 40.3 Å². The number of aromatic nitrogens is 6. The molecule has 1 fully saturated rings. The van der Waals surface area contributed by atoms with Crippen molar-refractivity contribution in [2.45, 2.75) is 38.3 Å². The van der Waals surface area contributed by atoms with Gasteiger partial charge in [-0.2, -0.15) is 0 Å². The molecular formula is C24H27N9O4. The van der Waals surface area contributed by atoms with Gasteiger partial charge in [0.1, 0.15) is 18.0 Å². The van der Waals surface area contributed by atoms with Gasteiger partial charge in [-0.3, -0.25) is 24.8 Å². The minimum atomic E-state index is -0.949. The second-order valence-electron chi connectivity index (χ2n) is 8.57. The molecule has 5 rings (SSSR count). The molecule has 4 N–H and O–H groups in total. The Hall–Kier alpha value is -4.20. The van der Waals surface area contributed by atoms with E-state index in [1.165, 1.54) is 6.33 Å². The van der Waals surface area contributed by atoms with E-state index in [-0.39, 0.29) is 12.3 Å². The van der Waals surface area contributed by atoms with E-state index in [2.05, 4.69) is 31.1 Å². The number of carbonyl (C=O) groups excluding carboxylic acids is 1. The van der Waals surface area contributed by atoms with E-state index in [0.29, 0.717) is 40.7 Å². The Balaban J connectivity index is 1.55. The van der Waals surface area contributed by atoms with E-state index in [4.69, 9.17) is 19.4 Å². The van der Waals surface area contributed by atoms with Crippen LogP contribution in [0.15, 0.2) is 43.1 Å². The fourth-order valence-corrected chi connectivity index (χ4v) is 4.15. The standard InChI is InChI=1S/C24H27N9O4/c1-13-4-5-27-15(6-13)10-28-21-19-22(31-20(30-21)14-7-16(36-3)11-26-9-14)33(12-29-19)24-17(34)8-18(37-24)23(35)32-25-2/h4-7,9,11-12,17-18,24-25,34H,8,10H2,1-3H3,(H,32,35)(H,28,30,31)/t17-,18+,24-/m1/s1. The summed E-state index contributed by atoms with van der Waals surface area (Å²) in [4.78, 5) is 34.8.